The molecule has 1 saturated heterocycles. The molecular weight excluding hydrogens is 184 g/mol. The molecule has 2 aliphatic heterocycles. The molecule has 0 saturated carbocycles. The summed E-state index contributed by atoms with van der Waals surface area (Å²) < 4.78 is 0. The molecular formula is C13H18N2. The van der Waals surface area contributed by atoms with Crippen LogP contribution >= 0.6 is 0 Å². The van der Waals surface area contributed by atoms with Gasteiger partial charge < -0.3 is 4.90 Å². The Morgan fingerprint density at radius 3 is 2.80 bits per heavy atom. The zero-order chi connectivity index (χ0) is 10.6. The Morgan fingerprint density at radius 2 is 2.00 bits per heavy atom. The predicted molar refractivity (Wildman–Crippen MR) is 63.2 cm³/mol. The highest BCUT2D eigenvalue weighted by atomic mass is 15.4. The van der Waals surface area contributed by atoms with E-state index in [0.29, 0.717) is 11.6 Å². The van der Waals surface area contributed by atoms with Gasteiger partial charge in [-0.25, -0.2) is 0 Å². The molecule has 1 aromatic rings. The lowest BCUT2D eigenvalue weighted by Gasteiger charge is -2.32. The summed E-state index contributed by atoms with van der Waals surface area (Å²) in [5.74, 6) is 0. The van der Waals surface area contributed by atoms with E-state index in [1.54, 1.807) is 0 Å². The summed E-state index contributed by atoms with van der Waals surface area (Å²) >= 11 is 0. The molecule has 2 atom stereocenters. The van der Waals surface area contributed by atoms with E-state index in [1.165, 1.54) is 24.2 Å². The average Bonchev–Trinajstić information content (AvgIpc) is 2.65. The molecule has 0 amide bonds. The van der Waals surface area contributed by atoms with Gasteiger partial charge in [-0.1, -0.05) is 25.1 Å². The Labute approximate surface area is 91.5 Å². The first kappa shape index (κ1) is 9.22. The standard InChI is InChI=1S/C13H18N2/c1-13-8-9-14(2)12(13)15(3)11-7-5-4-6-10(11)13/h4-7,12H,8-9H2,1-3H3. The van der Waals surface area contributed by atoms with E-state index in [2.05, 4.69) is 55.1 Å². The highest BCUT2D eigenvalue weighted by Crippen LogP contribution is 2.50. The highest BCUT2D eigenvalue weighted by Gasteiger charge is 2.51. The van der Waals surface area contributed by atoms with Crippen molar-refractivity contribution in [1.29, 1.82) is 0 Å². The maximum absolute atomic E-state index is 2.47. The summed E-state index contributed by atoms with van der Waals surface area (Å²) in [6.45, 7) is 3.61. The van der Waals surface area contributed by atoms with Crippen LogP contribution in [0.2, 0.25) is 0 Å². The van der Waals surface area contributed by atoms with Crippen LogP contribution in [0.3, 0.4) is 0 Å². The Morgan fingerprint density at radius 1 is 1.27 bits per heavy atom. The molecule has 80 valence electrons. The van der Waals surface area contributed by atoms with Crippen LogP contribution in [-0.2, 0) is 5.41 Å². The minimum absolute atomic E-state index is 0.333. The molecule has 1 aromatic carbocycles. The van der Waals surface area contributed by atoms with Gasteiger partial charge in [0.05, 0.1) is 6.17 Å². The summed E-state index contributed by atoms with van der Waals surface area (Å²) in [5.41, 5.74) is 3.28. The van der Waals surface area contributed by atoms with Gasteiger partial charge in [-0.05, 0) is 25.1 Å². The fourth-order valence-corrected chi connectivity index (χ4v) is 3.54. The number of rotatable bonds is 0. The Hall–Kier alpha value is -1.02. The van der Waals surface area contributed by atoms with Gasteiger partial charge in [0.2, 0.25) is 0 Å². The second kappa shape index (κ2) is 2.76. The summed E-state index contributed by atoms with van der Waals surface area (Å²) in [5, 5.41) is 0. The molecule has 2 unspecified atom stereocenters. The monoisotopic (exact) mass is 202 g/mol. The molecule has 0 aromatic heterocycles. The van der Waals surface area contributed by atoms with Gasteiger partial charge >= 0.3 is 0 Å². The molecule has 2 heterocycles. The van der Waals surface area contributed by atoms with Gasteiger partial charge in [0, 0.05) is 24.7 Å². The topological polar surface area (TPSA) is 6.48 Å². The number of benzene rings is 1. The molecule has 1 fully saturated rings. The molecule has 0 N–H and O–H groups in total. The normalized spacial score (nSPS) is 34.3. The van der Waals surface area contributed by atoms with Crippen molar-refractivity contribution in [2.75, 3.05) is 25.5 Å². The lowest BCUT2D eigenvalue weighted by atomic mass is 9.81. The van der Waals surface area contributed by atoms with Crippen LogP contribution in [0.4, 0.5) is 5.69 Å². The van der Waals surface area contributed by atoms with Crippen LogP contribution in [0.15, 0.2) is 24.3 Å². The maximum atomic E-state index is 2.47. The molecule has 15 heavy (non-hydrogen) atoms. The van der Waals surface area contributed by atoms with E-state index in [4.69, 9.17) is 0 Å². The van der Waals surface area contributed by atoms with Crippen molar-refractivity contribution in [2.24, 2.45) is 0 Å². The van der Waals surface area contributed by atoms with Crippen molar-refractivity contribution < 1.29 is 0 Å². The predicted octanol–water partition coefficient (Wildman–Crippen LogP) is 2.06. The number of fused-ring (bicyclic) bond motifs is 3. The first-order valence-corrected chi connectivity index (χ1v) is 5.67. The van der Waals surface area contributed by atoms with Crippen LogP contribution in [0, 0.1) is 0 Å². The number of nitrogens with zero attached hydrogens (tertiary/aromatic N) is 2. The summed E-state index contributed by atoms with van der Waals surface area (Å²) in [7, 11) is 4.45. The van der Waals surface area contributed by atoms with Crippen LogP contribution in [0.25, 0.3) is 0 Å². The van der Waals surface area contributed by atoms with Crippen molar-refractivity contribution in [1.82, 2.24) is 4.90 Å². The third-order valence-corrected chi connectivity index (χ3v) is 4.24. The fraction of sp³-hybridized carbons (Fsp3) is 0.538. The molecule has 3 rings (SSSR count). The molecule has 2 nitrogen and oxygen atoms in total. The van der Waals surface area contributed by atoms with E-state index in [1.807, 2.05) is 0 Å². The first-order chi connectivity index (χ1) is 7.14. The van der Waals surface area contributed by atoms with Gasteiger partial charge in [0.1, 0.15) is 0 Å². The van der Waals surface area contributed by atoms with Crippen molar-refractivity contribution in [3.63, 3.8) is 0 Å². The van der Waals surface area contributed by atoms with Crippen LogP contribution in [-0.4, -0.2) is 31.7 Å². The van der Waals surface area contributed by atoms with Crippen molar-refractivity contribution in [3.05, 3.63) is 29.8 Å². The number of anilines is 1. The fourth-order valence-electron chi connectivity index (χ4n) is 3.54. The van der Waals surface area contributed by atoms with E-state index in [-0.39, 0.29) is 0 Å². The van der Waals surface area contributed by atoms with Gasteiger partial charge in [-0.3, -0.25) is 4.90 Å². The zero-order valence-corrected chi connectivity index (χ0v) is 9.70. The van der Waals surface area contributed by atoms with Crippen LogP contribution in [0.1, 0.15) is 18.9 Å². The minimum Gasteiger partial charge on any atom is -0.358 e. The van der Waals surface area contributed by atoms with Gasteiger partial charge in [0.25, 0.3) is 0 Å². The SMILES string of the molecule is CN1CCC2(C)c3ccccc3N(C)C12. The third kappa shape index (κ3) is 0.979. The highest BCUT2D eigenvalue weighted by molar-refractivity contribution is 5.64. The molecule has 0 radical (unpaired) electrons. The van der Waals surface area contributed by atoms with E-state index in [0.717, 1.165) is 0 Å². The maximum Gasteiger partial charge on any atom is 0.0911 e. The van der Waals surface area contributed by atoms with Crippen molar-refractivity contribution in [2.45, 2.75) is 24.9 Å². The molecule has 0 spiro atoms. The Balaban J connectivity index is 2.19. The number of hydrogen-bond acceptors (Lipinski definition) is 2. The minimum atomic E-state index is 0.333. The van der Waals surface area contributed by atoms with Crippen molar-refractivity contribution >= 4 is 5.69 Å². The third-order valence-electron chi connectivity index (χ3n) is 4.24. The lowest BCUT2D eigenvalue weighted by molar-refractivity contribution is 0.268. The summed E-state index contributed by atoms with van der Waals surface area (Å²) in [6, 6.07) is 8.84. The number of likely N-dealkylation sites (N-methyl/N-ethyl adjacent to an activating group) is 2. The summed E-state index contributed by atoms with van der Waals surface area (Å²) in [6.07, 6.45) is 1.82. The van der Waals surface area contributed by atoms with Gasteiger partial charge in [-0.2, -0.15) is 0 Å². The smallest absolute Gasteiger partial charge is 0.0911 e. The van der Waals surface area contributed by atoms with Gasteiger partial charge in [-0.15, -0.1) is 0 Å². The number of hydrogen-bond donors (Lipinski definition) is 0. The van der Waals surface area contributed by atoms with E-state index < -0.39 is 0 Å². The second-order valence-corrected chi connectivity index (χ2v) is 5.15. The van der Waals surface area contributed by atoms with Crippen LogP contribution < -0.4 is 4.90 Å². The van der Waals surface area contributed by atoms with Crippen LogP contribution in [0.5, 0.6) is 0 Å². The molecule has 0 aliphatic carbocycles. The molecule has 2 heteroatoms. The quantitative estimate of drug-likeness (QED) is 0.635. The Kier molecular flexibility index (Phi) is 1.70. The second-order valence-electron chi connectivity index (χ2n) is 5.15. The molecule has 0 bridgehead atoms. The number of likely N-dealkylation sites (tertiary alicyclic amines) is 1. The Bertz CT molecular complexity index is 401. The number of para-hydroxylation sites is 1. The van der Waals surface area contributed by atoms with Gasteiger partial charge in [0.15, 0.2) is 0 Å². The zero-order valence-electron chi connectivity index (χ0n) is 9.70. The lowest BCUT2D eigenvalue weighted by Crippen LogP contribution is -2.45. The van der Waals surface area contributed by atoms with E-state index in [9.17, 15) is 0 Å². The van der Waals surface area contributed by atoms with Crippen molar-refractivity contribution in [3.8, 4) is 0 Å². The largest absolute Gasteiger partial charge is 0.358 e. The van der Waals surface area contributed by atoms with E-state index >= 15 is 0 Å². The summed E-state index contributed by atoms with van der Waals surface area (Å²) in [4.78, 5) is 4.91. The molecule has 2 aliphatic rings. The first-order valence-electron chi connectivity index (χ1n) is 5.67. The average molecular weight is 202 g/mol.